The van der Waals surface area contributed by atoms with Crippen LogP contribution in [-0.2, 0) is 9.53 Å². The van der Waals surface area contributed by atoms with E-state index in [9.17, 15) is 9.90 Å². The molecule has 116 valence electrons. The molecule has 5 nitrogen and oxygen atoms in total. The average molecular weight is 292 g/mol. The van der Waals surface area contributed by atoms with Crippen LogP contribution in [0, 0.1) is 13.8 Å². The minimum absolute atomic E-state index is 0.0675. The first kappa shape index (κ1) is 15.9. The normalized spacial score (nSPS) is 24.8. The molecule has 21 heavy (non-hydrogen) atoms. The highest BCUT2D eigenvalue weighted by Gasteiger charge is 2.30. The molecular weight excluding hydrogens is 268 g/mol. The summed E-state index contributed by atoms with van der Waals surface area (Å²) in [4.78, 5) is 13.3. The van der Waals surface area contributed by atoms with Crippen LogP contribution in [-0.4, -0.2) is 47.8 Å². The lowest BCUT2D eigenvalue weighted by Gasteiger charge is -2.36. The predicted molar refractivity (Wildman–Crippen MR) is 80.8 cm³/mol. The number of hydrogen-bond acceptors (Lipinski definition) is 4. The van der Waals surface area contributed by atoms with E-state index in [1.807, 2.05) is 43.9 Å². The molecule has 1 aromatic carbocycles. The highest BCUT2D eigenvalue weighted by atomic mass is 16.5. The molecule has 1 aromatic rings. The van der Waals surface area contributed by atoms with Gasteiger partial charge in [0.15, 0.2) is 0 Å². The molecular formula is C16H24N2O3. The zero-order valence-corrected chi connectivity index (χ0v) is 12.9. The number of aliphatic hydroxyl groups is 1. The largest absolute Gasteiger partial charge is 0.387 e. The lowest BCUT2D eigenvalue weighted by Crippen LogP contribution is -2.52. The van der Waals surface area contributed by atoms with Gasteiger partial charge in [0.05, 0.1) is 12.2 Å². The zero-order chi connectivity index (χ0) is 15.6. The van der Waals surface area contributed by atoms with Crippen molar-refractivity contribution in [3.63, 3.8) is 0 Å². The molecule has 0 saturated carbocycles. The van der Waals surface area contributed by atoms with Crippen molar-refractivity contribution in [3.8, 4) is 0 Å². The van der Waals surface area contributed by atoms with Crippen LogP contribution in [0.1, 0.15) is 29.7 Å². The highest BCUT2D eigenvalue weighted by Crippen LogP contribution is 2.22. The molecule has 0 radical (unpaired) electrons. The molecule has 1 amide bonds. The summed E-state index contributed by atoms with van der Waals surface area (Å²) in [5.41, 5.74) is 8.45. The fourth-order valence-corrected chi connectivity index (χ4v) is 2.81. The quantitative estimate of drug-likeness (QED) is 0.865. The van der Waals surface area contributed by atoms with Gasteiger partial charge < -0.3 is 15.6 Å². The van der Waals surface area contributed by atoms with Crippen molar-refractivity contribution < 1.29 is 14.6 Å². The summed E-state index contributed by atoms with van der Waals surface area (Å²) in [5, 5.41) is 10.5. The number of ether oxygens (including phenoxy) is 1. The minimum atomic E-state index is -0.598. The molecule has 1 aliphatic heterocycles. The molecule has 1 aliphatic rings. The third-order valence-electron chi connectivity index (χ3n) is 3.88. The number of aliphatic hydroxyl groups excluding tert-OH is 1. The van der Waals surface area contributed by atoms with Gasteiger partial charge in [-0.3, -0.25) is 9.69 Å². The second-order valence-electron chi connectivity index (χ2n) is 5.93. The van der Waals surface area contributed by atoms with Crippen LogP contribution in [0.4, 0.5) is 0 Å². The van der Waals surface area contributed by atoms with Gasteiger partial charge in [0.1, 0.15) is 6.10 Å². The molecule has 2 rings (SSSR count). The Kier molecular flexibility index (Phi) is 4.98. The average Bonchev–Trinajstić information content (AvgIpc) is 2.40. The molecule has 3 atom stereocenters. The number of amides is 1. The molecule has 5 heteroatoms. The number of rotatable bonds is 4. The summed E-state index contributed by atoms with van der Waals surface area (Å²) in [6.45, 7) is 7.50. The number of carbonyl (C=O) groups is 1. The Morgan fingerprint density at radius 2 is 2.19 bits per heavy atom. The minimum Gasteiger partial charge on any atom is -0.387 e. The van der Waals surface area contributed by atoms with Gasteiger partial charge in [-0.05, 0) is 31.9 Å². The Morgan fingerprint density at radius 3 is 2.86 bits per heavy atom. The van der Waals surface area contributed by atoms with E-state index in [-0.39, 0.29) is 6.10 Å². The molecule has 3 N–H and O–H groups in total. The fourth-order valence-electron chi connectivity index (χ4n) is 2.81. The van der Waals surface area contributed by atoms with Crippen molar-refractivity contribution in [2.45, 2.75) is 39.1 Å². The number of primary amides is 1. The van der Waals surface area contributed by atoms with E-state index in [4.69, 9.17) is 10.5 Å². The Labute approximate surface area is 125 Å². The van der Waals surface area contributed by atoms with Crippen LogP contribution in [0.15, 0.2) is 18.2 Å². The van der Waals surface area contributed by atoms with Crippen molar-refractivity contribution in [2.24, 2.45) is 5.73 Å². The Hall–Kier alpha value is -1.43. The second kappa shape index (κ2) is 6.56. The second-order valence-corrected chi connectivity index (χ2v) is 5.93. The SMILES string of the molecule is Cc1ccc(C)c([C@H](O)CN2C[C@@H](C)O[C@@H](C(N)=O)C2)c1. The van der Waals surface area contributed by atoms with Gasteiger partial charge in [-0.2, -0.15) is 0 Å². The highest BCUT2D eigenvalue weighted by molar-refractivity contribution is 5.79. The van der Waals surface area contributed by atoms with E-state index >= 15 is 0 Å². The van der Waals surface area contributed by atoms with Crippen molar-refractivity contribution in [3.05, 3.63) is 34.9 Å². The van der Waals surface area contributed by atoms with E-state index in [0.29, 0.717) is 19.6 Å². The number of morpholine rings is 1. The van der Waals surface area contributed by atoms with Crippen LogP contribution < -0.4 is 5.73 Å². The van der Waals surface area contributed by atoms with Gasteiger partial charge in [0, 0.05) is 19.6 Å². The molecule has 0 spiro atoms. The van der Waals surface area contributed by atoms with Crippen LogP contribution >= 0.6 is 0 Å². The molecule has 1 fully saturated rings. The molecule has 1 saturated heterocycles. The van der Waals surface area contributed by atoms with E-state index in [1.165, 1.54) is 0 Å². The van der Waals surface area contributed by atoms with Crippen LogP contribution in [0.2, 0.25) is 0 Å². The summed E-state index contributed by atoms with van der Waals surface area (Å²) in [5.74, 6) is -0.451. The standard InChI is InChI=1S/C16H24N2O3/c1-10-4-5-11(2)13(6-10)14(19)8-18-7-12(3)21-15(9-18)16(17)20/h4-6,12,14-15,19H,7-9H2,1-3H3,(H2,17,20)/t12-,14-,15-/m1/s1. The maximum absolute atomic E-state index is 11.3. The molecule has 0 aliphatic carbocycles. The summed E-state index contributed by atoms with van der Waals surface area (Å²) >= 11 is 0. The van der Waals surface area contributed by atoms with Gasteiger partial charge in [0.25, 0.3) is 0 Å². The smallest absolute Gasteiger partial charge is 0.247 e. The maximum atomic E-state index is 11.3. The van der Waals surface area contributed by atoms with E-state index in [0.717, 1.165) is 16.7 Å². The zero-order valence-electron chi connectivity index (χ0n) is 12.9. The van der Waals surface area contributed by atoms with Crippen molar-refractivity contribution >= 4 is 5.91 Å². The lowest BCUT2D eigenvalue weighted by molar-refractivity contribution is -0.143. The van der Waals surface area contributed by atoms with Gasteiger partial charge >= 0.3 is 0 Å². The van der Waals surface area contributed by atoms with E-state index in [2.05, 4.69) is 0 Å². The van der Waals surface area contributed by atoms with E-state index in [1.54, 1.807) is 0 Å². The third kappa shape index (κ3) is 4.03. The topological polar surface area (TPSA) is 75.8 Å². The van der Waals surface area contributed by atoms with Gasteiger partial charge in [-0.25, -0.2) is 0 Å². The Bertz CT molecular complexity index is 518. The van der Waals surface area contributed by atoms with Crippen molar-refractivity contribution in [2.75, 3.05) is 19.6 Å². The van der Waals surface area contributed by atoms with Gasteiger partial charge in [-0.1, -0.05) is 23.8 Å². The van der Waals surface area contributed by atoms with E-state index < -0.39 is 18.1 Å². The number of benzene rings is 1. The summed E-state index contributed by atoms with van der Waals surface area (Å²) in [6.07, 6.45) is -1.25. The number of aryl methyl sites for hydroxylation is 2. The first-order chi connectivity index (χ1) is 9.86. The number of nitrogens with zero attached hydrogens (tertiary/aromatic N) is 1. The number of carbonyl (C=O) groups excluding carboxylic acids is 1. The Balaban J connectivity index is 2.06. The van der Waals surface area contributed by atoms with Crippen molar-refractivity contribution in [1.29, 1.82) is 0 Å². The Morgan fingerprint density at radius 1 is 1.48 bits per heavy atom. The van der Waals surface area contributed by atoms with Crippen LogP contribution in [0.3, 0.4) is 0 Å². The monoisotopic (exact) mass is 292 g/mol. The first-order valence-corrected chi connectivity index (χ1v) is 7.29. The third-order valence-corrected chi connectivity index (χ3v) is 3.88. The molecule has 0 unspecified atom stereocenters. The molecule has 0 bridgehead atoms. The number of hydrogen-bond donors (Lipinski definition) is 2. The molecule has 1 heterocycles. The number of β-amino-alcohol motifs (C(OH)–C–C–N with tert-alkyl or cyclic N) is 1. The first-order valence-electron chi connectivity index (χ1n) is 7.29. The van der Waals surface area contributed by atoms with Gasteiger partial charge in [-0.15, -0.1) is 0 Å². The summed E-state index contributed by atoms with van der Waals surface area (Å²) < 4.78 is 5.51. The molecule has 0 aromatic heterocycles. The van der Waals surface area contributed by atoms with Crippen LogP contribution in [0.5, 0.6) is 0 Å². The summed E-state index contributed by atoms with van der Waals surface area (Å²) in [6, 6.07) is 6.06. The maximum Gasteiger partial charge on any atom is 0.247 e. The predicted octanol–water partition coefficient (Wildman–Crippen LogP) is 0.911. The number of nitrogens with two attached hydrogens (primary N) is 1. The van der Waals surface area contributed by atoms with Crippen molar-refractivity contribution in [1.82, 2.24) is 4.90 Å². The lowest BCUT2D eigenvalue weighted by atomic mass is 10.00. The van der Waals surface area contributed by atoms with Crippen LogP contribution in [0.25, 0.3) is 0 Å². The fraction of sp³-hybridized carbons (Fsp3) is 0.562. The van der Waals surface area contributed by atoms with Gasteiger partial charge in [0.2, 0.25) is 5.91 Å². The summed E-state index contributed by atoms with van der Waals surface area (Å²) in [7, 11) is 0.